The number of carboxylic acids is 1. The minimum atomic E-state index is -1.04. The predicted molar refractivity (Wildman–Crippen MR) is 75.5 cm³/mol. The highest BCUT2D eigenvalue weighted by Gasteiger charge is 2.42. The van der Waals surface area contributed by atoms with E-state index in [0.29, 0.717) is 19.4 Å². The van der Waals surface area contributed by atoms with Gasteiger partial charge in [-0.15, -0.1) is 0 Å². The van der Waals surface area contributed by atoms with Crippen molar-refractivity contribution in [1.29, 1.82) is 0 Å². The fraction of sp³-hybridized carbons (Fsp3) is 0.846. The number of carbonyl (C=O) groups is 2. The monoisotopic (exact) mass is 286 g/mol. The van der Waals surface area contributed by atoms with Crippen LogP contribution in [0.4, 0.5) is 4.79 Å². The van der Waals surface area contributed by atoms with Gasteiger partial charge in [0.25, 0.3) is 0 Å². The molecule has 1 unspecified atom stereocenters. The molecule has 2 rings (SSSR count). The Morgan fingerprint density at radius 1 is 1.32 bits per heavy atom. The number of rotatable bonds is 2. The van der Waals surface area contributed by atoms with Gasteiger partial charge in [-0.05, 0) is 19.8 Å². The highest BCUT2D eigenvalue weighted by atomic mass is 32.2. The zero-order valence-electron chi connectivity index (χ0n) is 11.4. The number of carbonyl (C=O) groups excluding carboxylic acids is 1. The lowest BCUT2D eigenvalue weighted by atomic mass is 9.82. The molecule has 5 nitrogen and oxygen atoms in total. The van der Waals surface area contributed by atoms with Gasteiger partial charge in [0, 0.05) is 24.1 Å². The first-order chi connectivity index (χ1) is 9.05. The Balaban J connectivity index is 2.04. The van der Waals surface area contributed by atoms with Crippen LogP contribution in [0.15, 0.2) is 0 Å². The van der Waals surface area contributed by atoms with Gasteiger partial charge < -0.3 is 15.3 Å². The van der Waals surface area contributed by atoms with Crippen molar-refractivity contribution in [3.8, 4) is 0 Å². The van der Waals surface area contributed by atoms with E-state index in [9.17, 15) is 14.7 Å². The van der Waals surface area contributed by atoms with E-state index < -0.39 is 11.5 Å². The minimum absolute atomic E-state index is 0.174. The fourth-order valence-corrected chi connectivity index (χ4v) is 3.87. The molecule has 0 aromatic carbocycles. The first-order valence-electron chi connectivity index (χ1n) is 6.95. The number of nitrogens with zero attached hydrogens (tertiary/aromatic N) is 1. The molecule has 108 valence electrons. The maximum absolute atomic E-state index is 12.3. The summed E-state index contributed by atoms with van der Waals surface area (Å²) in [4.78, 5) is 25.6. The number of hydrogen-bond donors (Lipinski definition) is 2. The molecule has 1 aliphatic heterocycles. The van der Waals surface area contributed by atoms with Crippen molar-refractivity contribution in [2.45, 2.75) is 50.6 Å². The summed E-state index contributed by atoms with van der Waals surface area (Å²) in [6.07, 6.45) is 3.90. The van der Waals surface area contributed by atoms with Crippen LogP contribution in [0.5, 0.6) is 0 Å². The molecule has 19 heavy (non-hydrogen) atoms. The van der Waals surface area contributed by atoms with Gasteiger partial charge in [-0.3, -0.25) is 0 Å². The molecule has 2 amide bonds. The average Bonchev–Trinajstić information content (AvgIpc) is 2.40. The molecule has 2 fully saturated rings. The Hall–Kier alpha value is -0.910. The molecule has 2 aliphatic rings. The summed E-state index contributed by atoms with van der Waals surface area (Å²) < 4.78 is 0. The SMILES string of the molecule is CC1CSCCN1C(=O)NC1(C(=O)O)CCCCC1. The van der Waals surface area contributed by atoms with Crippen LogP contribution in [-0.2, 0) is 4.79 Å². The van der Waals surface area contributed by atoms with E-state index in [1.807, 2.05) is 18.7 Å². The molecule has 2 N–H and O–H groups in total. The third-order valence-corrected chi connectivity index (χ3v) is 5.28. The van der Waals surface area contributed by atoms with Crippen molar-refractivity contribution in [3.05, 3.63) is 0 Å². The molecule has 0 aromatic rings. The van der Waals surface area contributed by atoms with Crippen LogP contribution in [0.3, 0.4) is 0 Å². The Morgan fingerprint density at radius 3 is 2.58 bits per heavy atom. The topological polar surface area (TPSA) is 69.6 Å². The smallest absolute Gasteiger partial charge is 0.329 e. The maximum Gasteiger partial charge on any atom is 0.329 e. The third-order valence-electron chi connectivity index (χ3n) is 4.09. The lowest BCUT2D eigenvalue weighted by Crippen LogP contribution is -2.60. The highest BCUT2D eigenvalue weighted by molar-refractivity contribution is 7.99. The molecule has 0 spiro atoms. The van der Waals surface area contributed by atoms with Gasteiger partial charge in [-0.1, -0.05) is 19.3 Å². The quantitative estimate of drug-likeness (QED) is 0.813. The maximum atomic E-state index is 12.3. The normalized spacial score (nSPS) is 26.8. The van der Waals surface area contributed by atoms with E-state index in [4.69, 9.17) is 0 Å². The number of thioether (sulfide) groups is 1. The van der Waals surface area contributed by atoms with E-state index in [0.717, 1.165) is 30.8 Å². The fourth-order valence-electron chi connectivity index (χ4n) is 2.85. The van der Waals surface area contributed by atoms with Crippen molar-refractivity contribution in [3.63, 3.8) is 0 Å². The van der Waals surface area contributed by atoms with Crippen LogP contribution in [0, 0.1) is 0 Å². The summed E-state index contributed by atoms with van der Waals surface area (Å²) in [6, 6.07) is -0.0368. The number of carboxylic acid groups (broad SMARTS) is 1. The number of nitrogens with one attached hydrogen (secondary N) is 1. The summed E-state index contributed by atoms with van der Waals surface area (Å²) in [5.41, 5.74) is -1.04. The van der Waals surface area contributed by atoms with Gasteiger partial charge in [-0.25, -0.2) is 9.59 Å². The first kappa shape index (κ1) is 14.5. The zero-order valence-corrected chi connectivity index (χ0v) is 12.2. The van der Waals surface area contributed by atoms with Gasteiger partial charge in [0.2, 0.25) is 0 Å². The Kier molecular flexibility index (Phi) is 4.60. The van der Waals surface area contributed by atoms with E-state index in [1.54, 1.807) is 4.90 Å². The van der Waals surface area contributed by atoms with Crippen LogP contribution in [-0.4, -0.2) is 51.6 Å². The summed E-state index contributed by atoms with van der Waals surface area (Å²) in [5.74, 6) is 0.963. The second-order valence-electron chi connectivity index (χ2n) is 5.50. The van der Waals surface area contributed by atoms with Gasteiger partial charge in [0.05, 0.1) is 0 Å². The van der Waals surface area contributed by atoms with Crippen molar-refractivity contribution >= 4 is 23.8 Å². The standard InChI is InChI=1S/C13H22N2O3S/c1-10-9-19-8-7-15(10)12(18)14-13(11(16)17)5-3-2-4-6-13/h10H,2-9H2,1H3,(H,14,18)(H,16,17). The molecule has 0 aromatic heterocycles. The lowest BCUT2D eigenvalue weighted by molar-refractivity contribution is -0.146. The van der Waals surface area contributed by atoms with Crippen molar-refractivity contribution in [2.24, 2.45) is 0 Å². The lowest BCUT2D eigenvalue weighted by Gasteiger charge is -2.39. The number of urea groups is 1. The van der Waals surface area contributed by atoms with E-state index in [2.05, 4.69) is 5.32 Å². The molecular weight excluding hydrogens is 264 g/mol. The van der Waals surface area contributed by atoms with Crippen LogP contribution in [0.2, 0.25) is 0 Å². The summed E-state index contributed by atoms with van der Waals surface area (Å²) in [5, 5.41) is 12.3. The van der Waals surface area contributed by atoms with Gasteiger partial charge in [0.15, 0.2) is 0 Å². The zero-order chi connectivity index (χ0) is 13.9. The van der Waals surface area contributed by atoms with Crippen molar-refractivity contribution in [1.82, 2.24) is 10.2 Å². The average molecular weight is 286 g/mol. The van der Waals surface area contributed by atoms with Crippen molar-refractivity contribution < 1.29 is 14.7 Å². The van der Waals surface area contributed by atoms with E-state index in [-0.39, 0.29) is 12.1 Å². The van der Waals surface area contributed by atoms with Crippen LogP contribution in [0.1, 0.15) is 39.0 Å². The van der Waals surface area contributed by atoms with Gasteiger partial charge in [-0.2, -0.15) is 11.8 Å². The number of amides is 2. The van der Waals surface area contributed by atoms with Crippen LogP contribution < -0.4 is 5.32 Å². The summed E-state index contributed by atoms with van der Waals surface area (Å²) in [7, 11) is 0. The molecule has 0 radical (unpaired) electrons. The van der Waals surface area contributed by atoms with E-state index >= 15 is 0 Å². The van der Waals surface area contributed by atoms with Gasteiger partial charge in [0.1, 0.15) is 5.54 Å². The second kappa shape index (κ2) is 6.03. The molecule has 1 heterocycles. The second-order valence-corrected chi connectivity index (χ2v) is 6.65. The Bertz CT molecular complexity index is 356. The largest absolute Gasteiger partial charge is 0.480 e. The molecule has 6 heteroatoms. The Labute approximate surface area is 118 Å². The highest BCUT2D eigenvalue weighted by Crippen LogP contribution is 2.29. The van der Waals surface area contributed by atoms with E-state index in [1.165, 1.54) is 0 Å². The molecule has 1 saturated carbocycles. The summed E-state index contributed by atoms with van der Waals surface area (Å²) >= 11 is 1.84. The first-order valence-corrected chi connectivity index (χ1v) is 8.10. The molecule has 1 saturated heterocycles. The molecule has 1 aliphatic carbocycles. The predicted octanol–water partition coefficient (Wildman–Crippen LogP) is 1.92. The number of aliphatic carboxylic acids is 1. The van der Waals surface area contributed by atoms with Crippen LogP contribution in [0.25, 0.3) is 0 Å². The Morgan fingerprint density at radius 2 is 2.00 bits per heavy atom. The molecule has 1 atom stereocenters. The molecular formula is C13H22N2O3S. The minimum Gasteiger partial charge on any atom is -0.480 e. The molecule has 0 bridgehead atoms. The third kappa shape index (κ3) is 3.16. The van der Waals surface area contributed by atoms with Crippen molar-refractivity contribution in [2.75, 3.05) is 18.1 Å². The van der Waals surface area contributed by atoms with Gasteiger partial charge >= 0.3 is 12.0 Å². The summed E-state index contributed by atoms with van der Waals surface area (Å²) in [6.45, 7) is 2.72. The van der Waals surface area contributed by atoms with Crippen LogP contribution >= 0.6 is 11.8 Å². The number of hydrogen-bond acceptors (Lipinski definition) is 3.